The maximum Gasteiger partial charge on any atom is 0.248 e. The SMILES string of the molecule is CC(C)c1nccn1[C@H](C)C(=O)Nc1ncc(Cc2ccccc2)s1. The van der Waals surface area contributed by atoms with Crippen molar-refractivity contribution in [2.75, 3.05) is 5.32 Å². The van der Waals surface area contributed by atoms with Gasteiger partial charge in [0, 0.05) is 35.8 Å². The number of carbonyl (C=O) groups excluding carboxylic acids is 1. The second-order valence-corrected chi connectivity index (χ2v) is 7.42. The van der Waals surface area contributed by atoms with E-state index in [9.17, 15) is 4.79 Å². The zero-order valence-electron chi connectivity index (χ0n) is 14.6. The summed E-state index contributed by atoms with van der Waals surface area (Å²) in [7, 11) is 0. The maximum absolute atomic E-state index is 12.6. The molecule has 3 rings (SSSR count). The summed E-state index contributed by atoms with van der Waals surface area (Å²) >= 11 is 1.51. The van der Waals surface area contributed by atoms with E-state index in [-0.39, 0.29) is 17.9 Å². The molecule has 6 heteroatoms. The van der Waals surface area contributed by atoms with Crippen LogP contribution in [-0.4, -0.2) is 20.4 Å². The minimum Gasteiger partial charge on any atom is -0.323 e. The van der Waals surface area contributed by atoms with Gasteiger partial charge >= 0.3 is 0 Å². The van der Waals surface area contributed by atoms with E-state index in [1.807, 2.05) is 42.1 Å². The minimum atomic E-state index is -0.332. The summed E-state index contributed by atoms with van der Waals surface area (Å²) in [5.41, 5.74) is 1.23. The molecular formula is C19H22N4OS. The summed E-state index contributed by atoms with van der Waals surface area (Å²) in [5.74, 6) is 1.09. The molecule has 1 atom stereocenters. The van der Waals surface area contributed by atoms with Gasteiger partial charge in [-0.3, -0.25) is 4.79 Å². The molecule has 2 aromatic heterocycles. The molecule has 5 nitrogen and oxygen atoms in total. The molecule has 1 amide bonds. The van der Waals surface area contributed by atoms with Crippen LogP contribution in [0.15, 0.2) is 48.9 Å². The number of imidazole rings is 1. The summed E-state index contributed by atoms with van der Waals surface area (Å²) < 4.78 is 1.92. The van der Waals surface area contributed by atoms with Crippen LogP contribution < -0.4 is 5.32 Å². The average molecular weight is 354 g/mol. The molecule has 0 spiro atoms. The van der Waals surface area contributed by atoms with E-state index in [1.54, 1.807) is 6.20 Å². The molecule has 0 fully saturated rings. The number of benzene rings is 1. The number of carbonyl (C=O) groups is 1. The van der Waals surface area contributed by atoms with E-state index in [2.05, 4.69) is 41.3 Å². The predicted octanol–water partition coefficient (Wildman–Crippen LogP) is 4.25. The summed E-state index contributed by atoms with van der Waals surface area (Å²) in [6.07, 6.45) is 6.24. The number of amides is 1. The fourth-order valence-electron chi connectivity index (χ4n) is 2.68. The van der Waals surface area contributed by atoms with E-state index in [4.69, 9.17) is 0 Å². The van der Waals surface area contributed by atoms with Crippen LogP contribution in [0.4, 0.5) is 5.13 Å². The third kappa shape index (κ3) is 4.14. The monoisotopic (exact) mass is 354 g/mol. The number of aromatic nitrogens is 3. The van der Waals surface area contributed by atoms with Crippen molar-refractivity contribution in [2.45, 2.75) is 39.2 Å². The Morgan fingerprint density at radius 2 is 1.96 bits per heavy atom. The highest BCUT2D eigenvalue weighted by Gasteiger charge is 2.20. The molecule has 0 bridgehead atoms. The lowest BCUT2D eigenvalue weighted by Crippen LogP contribution is -2.24. The highest BCUT2D eigenvalue weighted by Crippen LogP contribution is 2.23. The number of rotatable bonds is 6. The van der Waals surface area contributed by atoms with E-state index >= 15 is 0 Å². The van der Waals surface area contributed by atoms with Crippen LogP contribution in [-0.2, 0) is 11.2 Å². The first-order valence-electron chi connectivity index (χ1n) is 8.37. The van der Waals surface area contributed by atoms with Gasteiger partial charge in [-0.15, -0.1) is 11.3 Å². The second-order valence-electron chi connectivity index (χ2n) is 6.31. The number of hydrogen-bond donors (Lipinski definition) is 1. The Labute approximate surface area is 151 Å². The van der Waals surface area contributed by atoms with E-state index in [0.29, 0.717) is 5.13 Å². The molecule has 0 aliphatic heterocycles. The molecule has 0 unspecified atom stereocenters. The Morgan fingerprint density at radius 3 is 2.68 bits per heavy atom. The first kappa shape index (κ1) is 17.4. The van der Waals surface area contributed by atoms with Crippen LogP contribution >= 0.6 is 11.3 Å². The zero-order chi connectivity index (χ0) is 17.8. The van der Waals surface area contributed by atoms with Crippen molar-refractivity contribution in [3.05, 3.63) is 65.2 Å². The molecule has 2 heterocycles. The summed E-state index contributed by atoms with van der Waals surface area (Å²) in [6, 6.07) is 9.90. The highest BCUT2D eigenvalue weighted by molar-refractivity contribution is 7.15. The molecule has 0 aliphatic rings. The zero-order valence-corrected chi connectivity index (χ0v) is 15.5. The van der Waals surface area contributed by atoms with Gasteiger partial charge in [0.25, 0.3) is 0 Å². The van der Waals surface area contributed by atoms with Gasteiger partial charge in [0.1, 0.15) is 11.9 Å². The van der Waals surface area contributed by atoms with Crippen molar-refractivity contribution >= 4 is 22.4 Å². The first-order valence-corrected chi connectivity index (χ1v) is 9.18. The molecule has 25 heavy (non-hydrogen) atoms. The lowest BCUT2D eigenvalue weighted by atomic mass is 10.1. The fourth-order valence-corrected chi connectivity index (χ4v) is 3.53. The van der Waals surface area contributed by atoms with Gasteiger partial charge in [-0.2, -0.15) is 0 Å². The number of hydrogen-bond acceptors (Lipinski definition) is 4. The fraction of sp³-hybridized carbons (Fsp3) is 0.316. The molecule has 130 valence electrons. The molecule has 1 aromatic carbocycles. The summed E-state index contributed by atoms with van der Waals surface area (Å²) in [6.45, 7) is 6.02. The van der Waals surface area contributed by atoms with Crippen molar-refractivity contribution in [2.24, 2.45) is 0 Å². The average Bonchev–Trinajstić information content (AvgIpc) is 3.24. The largest absolute Gasteiger partial charge is 0.323 e. The van der Waals surface area contributed by atoms with Crippen LogP contribution in [0.2, 0.25) is 0 Å². The van der Waals surface area contributed by atoms with Gasteiger partial charge < -0.3 is 9.88 Å². The molecule has 3 aromatic rings. The number of nitrogens with zero attached hydrogens (tertiary/aromatic N) is 3. The van der Waals surface area contributed by atoms with Gasteiger partial charge in [0.15, 0.2) is 5.13 Å². The quantitative estimate of drug-likeness (QED) is 0.720. The number of nitrogens with one attached hydrogen (secondary N) is 1. The lowest BCUT2D eigenvalue weighted by molar-refractivity contribution is -0.118. The molecular weight excluding hydrogens is 332 g/mol. The van der Waals surface area contributed by atoms with Crippen LogP contribution in [0.1, 0.15) is 49.0 Å². The Morgan fingerprint density at radius 1 is 1.20 bits per heavy atom. The smallest absolute Gasteiger partial charge is 0.248 e. The summed E-state index contributed by atoms with van der Waals surface area (Å²) in [4.78, 5) is 22.4. The lowest BCUT2D eigenvalue weighted by Gasteiger charge is -2.16. The Hall–Kier alpha value is -2.47. The minimum absolute atomic E-state index is 0.0829. The standard InChI is InChI=1S/C19H22N4OS/c1-13(2)17-20-9-10-23(17)14(3)18(24)22-19-21-12-16(25-19)11-15-7-5-4-6-8-15/h4-10,12-14H,11H2,1-3H3,(H,21,22,24)/t14-/m1/s1. The molecule has 1 N–H and O–H groups in total. The van der Waals surface area contributed by atoms with Crippen molar-refractivity contribution in [3.63, 3.8) is 0 Å². The molecule has 0 saturated carbocycles. The van der Waals surface area contributed by atoms with Crippen LogP contribution in [0.3, 0.4) is 0 Å². The number of anilines is 1. The van der Waals surface area contributed by atoms with Gasteiger partial charge in [0.05, 0.1) is 0 Å². The number of thiazole rings is 1. The van der Waals surface area contributed by atoms with Crippen LogP contribution in [0.25, 0.3) is 0 Å². The van der Waals surface area contributed by atoms with E-state index in [0.717, 1.165) is 17.1 Å². The maximum atomic E-state index is 12.6. The van der Waals surface area contributed by atoms with Gasteiger partial charge in [-0.1, -0.05) is 44.2 Å². The van der Waals surface area contributed by atoms with Crippen LogP contribution in [0.5, 0.6) is 0 Å². The molecule has 0 saturated heterocycles. The molecule has 0 radical (unpaired) electrons. The van der Waals surface area contributed by atoms with Crippen molar-refractivity contribution in [1.82, 2.24) is 14.5 Å². The molecule has 0 aliphatic carbocycles. The highest BCUT2D eigenvalue weighted by atomic mass is 32.1. The normalized spacial score (nSPS) is 12.3. The van der Waals surface area contributed by atoms with Gasteiger partial charge in [-0.05, 0) is 12.5 Å². The van der Waals surface area contributed by atoms with Gasteiger partial charge in [0.2, 0.25) is 5.91 Å². The third-order valence-corrected chi connectivity index (χ3v) is 4.93. The van der Waals surface area contributed by atoms with E-state index in [1.165, 1.54) is 16.9 Å². The Balaban J connectivity index is 1.66. The van der Waals surface area contributed by atoms with Crippen molar-refractivity contribution < 1.29 is 4.79 Å². The van der Waals surface area contributed by atoms with Crippen molar-refractivity contribution in [1.29, 1.82) is 0 Å². The van der Waals surface area contributed by atoms with E-state index < -0.39 is 0 Å². The van der Waals surface area contributed by atoms with Gasteiger partial charge in [-0.25, -0.2) is 9.97 Å². The summed E-state index contributed by atoms with van der Waals surface area (Å²) in [5, 5.41) is 3.56. The Kier molecular flexibility index (Phi) is 5.28. The van der Waals surface area contributed by atoms with Crippen LogP contribution in [0, 0.1) is 0 Å². The predicted molar refractivity (Wildman–Crippen MR) is 101 cm³/mol. The third-order valence-electron chi connectivity index (χ3n) is 4.02. The topological polar surface area (TPSA) is 59.8 Å². The Bertz CT molecular complexity index is 838. The first-order chi connectivity index (χ1) is 12.0. The second kappa shape index (κ2) is 7.61. The van der Waals surface area contributed by atoms with Crippen molar-refractivity contribution in [3.8, 4) is 0 Å².